The summed E-state index contributed by atoms with van der Waals surface area (Å²) in [5, 5.41) is 2.75. The van der Waals surface area contributed by atoms with Gasteiger partial charge in [-0.1, -0.05) is 54.2 Å². The Labute approximate surface area is 189 Å². The zero-order valence-corrected chi connectivity index (χ0v) is 18.0. The fourth-order valence-electron chi connectivity index (χ4n) is 3.81. The molecule has 1 fully saturated rings. The van der Waals surface area contributed by atoms with Crippen LogP contribution in [-0.4, -0.2) is 41.7 Å². The lowest BCUT2D eigenvalue weighted by Crippen LogP contribution is -2.37. The monoisotopic (exact) mass is 450 g/mol. The van der Waals surface area contributed by atoms with Gasteiger partial charge in [0.05, 0.1) is 17.5 Å². The maximum absolute atomic E-state index is 12.4. The second-order valence-corrected chi connectivity index (χ2v) is 8.65. The summed E-state index contributed by atoms with van der Waals surface area (Å²) in [7, 11) is 0. The lowest BCUT2D eigenvalue weighted by molar-refractivity contribution is -0.154. The number of nitrogens with one attached hydrogen (secondary N) is 1. The van der Waals surface area contributed by atoms with Crippen LogP contribution in [0.15, 0.2) is 76.5 Å². The van der Waals surface area contributed by atoms with Crippen molar-refractivity contribution in [1.82, 2.24) is 4.90 Å². The van der Waals surface area contributed by atoms with Crippen LogP contribution in [-0.2, 0) is 23.9 Å². The Balaban J connectivity index is 1.30. The normalized spacial score (nSPS) is 19.6. The number of hydrogen-bond donors (Lipinski definition) is 1. The van der Waals surface area contributed by atoms with Gasteiger partial charge in [-0.15, -0.1) is 0 Å². The van der Waals surface area contributed by atoms with E-state index in [0.29, 0.717) is 18.5 Å². The van der Waals surface area contributed by atoms with E-state index in [-0.39, 0.29) is 11.8 Å². The minimum atomic E-state index is -0.791. The number of para-hydroxylation sites is 1. The standard InChI is InChI=1S/C24H22N2O5S/c27-21(25-19-12-6-7-13-20(19)32-16-8-2-1-3-9-16)15-31-22(28)14-26-23(29)17-10-4-5-11-18(17)24(26)30/h1-9,12-13,17-18H,10-11,14-15H2,(H,25,27). The first-order valence-electron chi connectivity index (χ1n) is 10.3. The second-order valence-electron chi connectivity index (χ2n) is 7.54. The highest BCUT2D eigenvalue weighted by atomic mass is 32.2. The summed E-state index contributed by atoms with van der Waals surface area (Å²) < 4.78 is 5.03. The summed E-state index contributed by atoms with van der Waals surface area (Å²) in [5.41, 5.74) is 0.601. The zero-order chi connectivity index (χ0) is 22.5. The summed E-state index contributed by atoms with van der Waals surface area (Å²) in [4.78, 5) is 52.2. The molecule has 2 aromatic carbocycles. The smallest absolute Gasteiger partial charge is 0.326 e. The molecule has 1 aliphatic carbocycles. The third kappa shape index (κ3) is 4.91. The Morgan fingerprint density at radius 3 is 2.25 bits per heavy atom. The molecule has 0 aromatic heterocycles. The van der Waals surface area contributed by atoms with Crippen LogP contribution in [0.3, 0.4) is 0 Å². The molecule has 1 heterocycles. The van der Waals surface area contributed by atoms with Crippen molar-refractivity contribution in [1.29, 1.82) is 0 Å². The van der Waals surface area contributed by atoms with Gasteiger partial charge >= 0.3 is 5.97 Å². The highest BCUT2D eigenvalue weighted by Gasteiger charge is 2.47. The molecule has 8 heteroatoms. The summed E-state index contributed by atoms with van der Waals surface area (Å²) in [5.74, 6) is -2.79. The molecule has 7 nitrogen and oxygen atoms in total. The van der Waals surface area contributed by atoms with Crippen molar-refractivity contribution >= 4 is 41.1 Å². The number of fused-ring (bicyclic) bond motifs is 1. The van der Waals surface area contributed by atoms with E-state index in [0.717, 1.165) is 14.7 Å². The first-order valence-corrected chi connectivity index (χ1v) is 11.1. The fourth-order valence-corrected chi connectivity index (χ4v) is 4.73. The van der Waals surface area contributed by atoms with E-state index in [2.05, 4.69) is 5.32 Å². The zero-order valence-electron chi connectivity index (χ0n) is 17.2. The Morgan fingerprint density at radius 1 is 0.938 bits per heavy atom. The number of ether oxygens (including phenoxy) is 1. The number of rotatable bonds is 7. The van der Waals surface area contributed by atoms with Gasteiger partial charge in [-0.2, -0.15) is 0 Å². The van der Waals surface area contributed by atoms with E-state index >= 15 is 0 Å². The van der Waals surface area contributed by atoms with Gasteiger partial charge in [0.15, 0.2) is 6.61 Å². The van der Waals surface area contributed by atoms with E-state index < -0.39 is 36.9 Å². The second kappa shape index (κ2) is 9.82. The first kappa shape index (κ1) is 21.8. The molecule has 1 aliphatic heterocycles. The van der Waals surface area contributed by atoms with Crippen LogP contribution >= 0.6 is 11.8 Å². The Bertz CT molecular complexity index is 1040. The summed E-state index contributed by atoms with van der Waals surface area (Å²) in [6.07, 6.45) is 4.77. The molecule has 1 N–H and O–H groups in total. The van der Waals surface area contributed by atoms with Crippen LogP contribution in [0, 0.1) is 11.8 Å². The van der Waals surface area contributed by atoms with Crippen LogP contribution in [0.5, 0.6) is 0 Å². The number of allylic oxidation sites excluding steroid dienone is 2. The van der Waals surface area contributed by atoms with Crippen molar-refractivity contribution in [3.63, 3.8) is 0 Å². The molecule has 4 rings (SSSR count). The van der Waals surface area contributed by atoms with Gasteiger partial charge < -0.3 is 10.1 Å². The van der Waals surface area contributed by atoms with Crippen LogP contribution in [0.1, 0.15) is 12.8 Å². The molecule has 1 saturated heterocycles. The van der Waals surface area contributed by atoms with Gasteiger partial charge in [0.2, 0.25) is 11.8 Å². The summed E-state index contributed by atoms with van der Waals surface area (Å²) in [6.45, 7) is -0.980. The number of carbonyl (C=O) groups excluding carboxylic acids is 4. The number of amides is 3. The number of likely N-dealkylation sites (tertiary alicyclic amines) is 1. The molecule has 2 aliphatic rings. The maximum atomic E-state index is 12.4. The number of carbonyl (C=O) groups is 4. The predicted octanol–water partition coefficient (Wildman–Crippen LogP) is 3.27. The first-order chi connectivity index (χ1) is 15.5. The van der Waals surface area contributed by atoms with Crippen molar-refractivity contribution in [2.45, 2.75) is 22.6 Å². The molecule has 0 radical (unpaired) electrons. The highest BCUT2D eigenvalue weighted by Crippen LogP contribution is 2.35. The van der Waals surface area contributed by atoms with E-state index in [1.165, 1.54) is 11.8 Å². The van der Waals surface area contributed by atoms with Gasteiger partial charge in [-0.3, -0.25) is 24.1 Å². The lowest BCUT2D eigenvalue weighted by Gasteiger charge is -2.14. The van der Waals surface area contributed by atoms with Gasteiger partial charge in [0, 0.05) is 9.79 Å². The number of hydrogen-bond acceptors (Lipinski definition) is 6. The molecule has 2 aromatic rings. The van der Waals surface area contributed by atoms with E-state index in [9.17, 15) is 19.2 Å². The Kier molecular flexibility index (Phi) is 6.70. The third-order valence-electron chi connectivity index (χ3n) is 5.38. The quantitative estimate of drug-likeness (QED) is 0.395. The molecule has 164 valence electrons. The fraction of sp³-hybridized carbons (Fsp3) is 0.250. The van der Waals surface area contributed by atoms with Gasteiger partial charge in [-0.25, -0.2) is 0 Å². The van der Waals surface area contributed by atoms with Crippen LogP contribution in [0.25, 0.3) is 0 Å². The topological polar surface area (TPSA) is 92.8 Å². The van der Waals surface area contributed by atoms with Crippen LogP contribution < -0.4 is 5.32 Å². The third-order valence-corrected chi connectivity index (χ3v) is 6.47. The van der Waals surface area contributed by atoms with E-state index in [1.54, 1.807) is 12.1 Å². The summed E-state index contributed by atoms with van der Waals surface area (Å²) in [6, 6.07) is 17.1. The number of benzene rings is 2. The Hall–Kier alpha value is -3.39. The van der Waals surface area contributed by atoms with Crippen LogP contribution in [0.2, 0.25) is 0 Å². The highest BCUT2D eigenvalue weighted by molar-refractivity contribution is 7.99. The molecule has 0 saturated carbocycles. The molecule has 2 unspecified atom stereocenters. The van der Waals surface area contributed by atoms with Gasteiger partial charge in [0.1, 0.15) is 6.54 Å². The van der Waals surface area contributed by atoms with Crippen molar-refractivity contribution in [3.05, 3.63) is 66.7 Å². The van der Waals surface area contributed by atoms with Crippen molar-refractivity contribution < 1.29 is 23.9 Å². The Morgan fingerprint density at radius 2 is 1.56 bits per heavy atom. The van der Waals surface area contributed by atoms with Crippen molar-refractivity contribution in [3.8, 4) is 0 Å². The van der Waals surface area contributed by atoms with Crippen molar-refractivity contribution in [2.24, 2.45) is 11.8 Å². The van der Waals surface area contributed by atoms with Gasteiger partial charge in [0.25, 0.3) is 5.91 Å². The average Bonchev–Trinajstić information content (AvgIpc) is 3.05. The molecule has 0 bridgehead atoms. The molecule has 0 spiro atoms. The largest absolute Gasteiger partial charge is 0.454 e. The van der Waals surface area contributed by atoms with E-state index in [1.807, 2.05) is 54.6 Å². The van der Waals surface area contributed by atoms with E-state index in [4.69, 9.17) is 4.74 Å². The summed E-state index contributed by atoms with van der Waals surface area (Å²) >= 11 is 1.50. The molecule has 3 amide bonds. The lowest BCUT2D eigenvalue weighted by atomic mass is 9.85. The average molecular weight is 451 g/mol. The number of imide groups is 1. The molecular formula is C24H22N2O5S. The van der Waals surface area contributed by atoms with Gasteiger partial charge in [-0.05, 0) is 37.1 Å². The number of esters is 1. The maximum Gasteiger partial charge on any atom is 0.326 e. The number of nitrogens with zero attached hydrogens (tertiary/aromatic N) is 1. The predicted molar refractivity (Wildman–Crippen MR) is 119 cm³/mol. The number of anilines is 1. The minimum Gasteiger partial charge on any atom is -0.454 e. The SMILES string of the molecule is O=C(COC(=O)CN1C(=O)C2CC=CCC2C1=O)Nc1ccccc1Sc1ccccc1. The minimum absolute atomic E-state index is 0.349. The molecular weight excluding hydrogens is 428 g/mol. The van der Waals surface area contributed by atoms with Crippen molar-refractivity contribution in [2.75, 3.05) is 18.5 Å². The molecule has 2 atom stereocenters. The van der Waals surface area contributed by atoms with Crippen LogP contribution in [0.4, 0.5) is 5.69 Å². The molecule has 32 heavy (non-hydrogen) atoms.